The fourth-order valence-electron chi connectivity index (χ4n) is 1.51. The molecule has 0 aliphatic carbocycles. The van der Waals surface area contributed by atoms with Gasteiger partial charge in [0.05, 0.1) is 15.3 Å². The lowest BCUT2D eigenvalue weighted by atomic mass is 10.2. The van der Waals surface area contributed by atoms with Crippen LogP contribution in [0.1, 0.15) is 21.6 Å². The number of hydrazone groups is 1. The summed E-state index contributed by atoms with van der Waals surface area (Å²) in [6, 6.07) is 6.91. The summed E-state index contributed by atoms with van der Waals surface area (Å²) in [5, 5.41) is 13.7. The van der Waals surface area contributed by atoms with Gasteiger partial charge in [-0.3, -0.25) is 9.78 Å². The first kappa shape index (κ1) is 15.9. The molecule has 1 aromatic carbocycles. The number of carbonyl (C=O) groups excluding carboxylic acids is 1. The molecule has 0 atom stereocenters. The minimum absolute atomic E-state index is 0.119. The maximum Gasteiger partial charge on any atom is 0.272 e. The van der Waals surface area contributed by atoms with Gasteiger partial charge >= 0.3 is 0 Å². The molecule has 0 unspecified atom stereocenters. The van der Waals surface area contributed by atoms with Crippen molar-refractivity contribution in [1.82, 2.24) is 10.4 Å². The summed E-state index contributed by atoms with van der Waals surface area (Å²) in [6.45, 7) is 1.84. The maximum absolute atomic E-state index is 11.8. The predicted molar refractivity (Wildman–Crippen MR) is 92.6 cm³/mol. The minimum Gasteiger partial charge on any atom is -0.506 e. The van der Waals surface area contributed by atoms with Crippen LogP contribution in [0.2, 0.25) is 0 Å². The molecule has 1 amide bonds. The van der Waals surface area contributed by atoms with E-state index in [1.807, 2.05) is 29.5 Å². The van der Waals surface area contributed by atoms with Crippen molar-refractivity contribution in [3.8, 4) is 5.75 Å². The second-order valence-electron chi connectivity index (χ2n) is 4.21. The maximum atomic E-state index is 11.8. The van der Waals surface area contributed by atoms with Gasteiger partial charge in [-0.1, -0.05) is 15.9 Å². The van der Waals surface area contributed by atoms with Crippen LogP contribution in [0, 0.1) is 10.5 Å². The second kappa shape index (κ2) is 6.99. The van der Waals surface area contributed by atoms with Crippen LogP contribution in [0.4, 0.5) is 0 Å². The molecule has 0 aliphatic heterocycles. The van der Waals surface area contributed by atoms with Gasteiger partial charge in [0.1, 0.15) is 5.75 Å². The molecule has 7 heteroatoms. The lowest BCUT2D eigenvalue weighted by Crippen LogP contribution is -2.17. The van der Waals surface area contributed by atoms with E-state index >= 15 is 0 Å². The molecule has 1 aromatic heterocycles. The van der Waals surface area contributed by atoms with Crippen molar-refractivity contribution in [2.45, 2.75) is 6.92 Å². The van der Waals surface area contributed by atoms with E-state index in [0.29, 0.717) is 14.7 Å². The number of amides is 1. The second-order valence-corrected chi connectivity index (χ2v) is 6.29. The van der Waals surface area contributed by atoms with Crippen LogP contribution in [0.25, 0.3) is 0 Å². The number of aryl methyl sites for hydroxylation is 1. The Labute approximate surface area is 143 Å². The van der Waals surface area contributed by atoms with Gasteiger partial charge in [0.2, 0.25) is 0 Å². The zero-order chi connectivity index (χ0) is 15.4. The molecule has 0 fully saturated rings. The first-order valence-electron chi connectivity index (χ1n) is 5.91. The molecule has 0 bridgehead atoms. The first-order valence-corrected chi connectivity index (χ1v) is 7.78. The Morgan fingerprint density at radius 2 is 2.24 bits per heavy atom. The summed E-state index contributed by atoms with van der Waals surface area (Å²) in [4.78, 5) is 15.9. The number of aromatic hydroxyl groups is 1. The lowest BCUT2D eigenvalue weighted by Gasteiger charge is -2.03. The molecule has 0 aliphatic rings. The van der Waals surface area contributed by atoms with Gasteiger partial charge in [-0.15, -0.1) is 0 Å². The Balaban J connectivity index is 2.09. The average Bonchev–Trinajstić information content (AvgIpc) is 2.44. The fraction of sp³-hybridized carbons (Fsp3) is 0.0714. The number of aromatic nitrogens is 1. The summed E-state index contributed by atoms with van der Waals surface area (Å²) in [7, 11) is 0. The van der Waals surface area contributed by atoms with Gasteiger partial charge in [-0.2, -0.15) is 5.10 Å². The summed E-state index contributed by atoms with van der Waals surface area (Å²) in [5.74, 6) is -0.239. The van der Waals surface area contributed by atoms with Gasteiger partial charge in [0.25, 0.3) is 5.91 Å². The van der Waals surface area contributed by atoms with Gasteiger partial charge in [-0.25, -0.2) is 5.43 Å². The van der Waals surface area contributed by atoms with Crippen molar-refractivity contribution < 1.29 is 9.90 Å². The number of hydrogen-bond acceptors (Lipinski definition) is 4. The van der Waals surface area contributed by atoms with Crippen molar-refractivity contribution in [1.29, 1.82) is 0 Å². The number of nitrogens with one attached hydrogen (secondary N) is 1. The Kier molecular flexibility index (Phi) is 5.29. The number of pyridine rings is 1. The number of nitrogens with zero attached hydrogens (tertiary/aromatic N) is 2. The number of rotatable bonds is 3. The SMILES string of the molecule is Cc1ccc(C(=O)NN=Cc2cc(Br)cc(I)c2O)cn1. The number of phenols is 1. The van der Waals surface area contributed by atoms with E-state index < -0.39 is 0 Å². The van der Waals surface area contributed by atoms with Crippen LogP contribution < -0.4 is 5.43 Å². The quantitative estimate of drug-likeness (QED) is 0.420. The zero-order valence-electron chi connectivity index (χ0n) is 11.0. The molecule has 0 saturated carbocycles. The molecule has 0 radical (unpaired) electrons. The van der Waals surface area contributed by atoms with Crippen molar-refractivity contribution in [2.75, 3.05) is 0 Å². The molecular formula is C14H11BrIN3O2. The normalized spacial score (nSPS) is 10.8. The van der Waals surface area contributed by atoms with E-state index in [4.69, 9.17) is 0 Å². The lowest BCUT2D eigenvalue weighted by molar-refractivity contribution is 0.0954. The van der Waals surface area contributed by atoms with Gasteiger partial charge in [0.15, 0.2) is 0 Å². The highest BCUT2D eigenvalue weighted by molar-refractivity contribution is 14.1. The number of phenolic OH excluding ortho intramolecular Hbond substituents is 1. The van der Waals surface area contributed by atoms with E-state index in [-0.39, 0.29) is 11.7 Å². The smallest absolute Gasteiger partial charge is 0.272 e. The largest absolute Gasteiger partial charge is 0.506 e. The third-order valence-corrected chi connectivity index (χ3v) is 3.88. The Hall–Kier alpha value is -1.48. The monoisotopic (exact) mass is 459 g/mol. The molecule has 0 saturated heterocycles. The molecule has 0 spiro atoms. The third-order valence-electron chi connectivity index (χ3n) is 2.60. The van der Waals surface area contributed by atoms with Crippen LogP contribution in [0.5, 0.6) is 5.75 Å². The Morgan fingerprint density at radius 1 is 1.48 bits per heavy atom. The van der Waals surface area contributed by atoms with Crippen molar-refractivity contribution in [3.05, 3.63) is 55.3 Å². The number of carbonyl (C=O) groups is 1. The number of hydrogen-bond donors (Lipinski definition) is 2. The third kappa shape index (κ3) is 4.24. The highest BCUT2D eigenvalue weighted by Crippen LogP contribution is 2.27. The summed E-state index contributed by atoms with van der Waals surface area (Å²) in [6.07, 6.45) is 2.88. The van der Waals surface area contributed by atoms with Crippen LogP contribution in [0.3, 0.4) is 0 Å². The molecule has 108 valence electrons. The van der Waals surface area contributed by atoms with E-state index in [9.17, 15) is 9.90 Å². The summed E-state index contributed by atoms with van der Waals surface area (Å²) < 4.78 is 1.51. The number of benzene rings is 1. The zero-order valence-corrected chi connectivity index (χ0v) is 14.7. The Bertz CT molecular complexity index is 702. The number of halogens is 2. The standard InChI is InChI=1S/C14H11BrIN3O2/c1-8-2-3-9(6-17-8)14(21)19-18-7-10-4-11(15)5-12(16)13(10)20/h2-7,20H,1H3,(H,19,21). The summed E-state index contributed by atoms with van der Waals surface area (Å²) >= 11 is 5.35. The first-order chi connectivity index (χ1) is 9.97. The van der Waals surface area contributed by atoms with Gasteiger partial charge < -0.3 is 5.11 Å². The Morgan fingerprint density at radius 3 is 2.90 bits per heavy atom. The molecule has 2 aromatic rings. The van der Waals surface area contributed by atoms with Crippen LogP contribution in [0.15, 0.2) is 40.0 Å². The van der Waals surface area contributed by atoms with E-state index in [1.165, 1.54) is 12.4 Å². The molecule has 2 rings (SSSR count). The average molecular weight is 460 g/mol. The topological polar surface area (TPSA) is 74.6 Å². The van der Waals surface area contributed by atoms with Crippen LogP contribution >= 0.6 is 38.5 Å². The highest BCUT2D eigenvalue weighted by Gasteiger charge is 2.06. The molecule has 2 N–H and O–H groups in total. The van der Waals surface area contributed by atoms with Crippen molar-refractivity contribution in [3.63, 3.8) is 0 Å². The molecule has 1 heterocycles. The molecular weight excluding hydrogens is 449 g/mol. The van der Waals surface area contributed by atoms with E-state index in [2.05, 4.69) is 31.4 Å². The molecule has 21 heavy (non-hydrogen) atoms. The molecule has 5 nitrogen and oxygen atoms in total. The van der Waals surface area contributed by atoms with Crippen molar-refractivity contribution in [2.24, 2.45) is 5.10 Å². The predicted octanol–water partition coefficient (Wildman–Crippen LogP) is 3.23. The van der Waals surface area contributed by atoms with Gasteiger partial charge in [-0.05, 0) is 53.8 Å². The van der Waals surface area contributed by atoms with Crippen molar-refractivity contribution >= 4 is 50.6 Å². The van der Waals surface area contributed by atoms with E-state index in [1.54, 1.807) is 24.3 Å². The fourth-order valence-corrected chi connectivity index (χ4v) is 3.06. The summed E-state index contributed by atoms with van der Waals surface area (Å²) in [5.41, 5.74) is 4.16. The van der Waals surface area contributed by atoms with E-state index in [0.717, 1.165) is 10.2 Å². The highest BCUT2D eigenvalue weighted by atomic mass is 127. The van der Waals surface area contributed by atoms with Crippen LogP contribution in [-0.4, -0.2) is 22.2 Å². The minimum atomic E-state index is -0.358. The van der Waals surface area contributed by atoms with Crippen LogP contribution in [-0.2, 0) is 0 Å². The van der Waals surface area contributed by atoms with Gasteiger partial charge in [0, 0.05) is 21.9 Å².